The number of ether oxygens (including phenoxy) is 1. The number of halogens is 1. The third-order valence-corrected chi connectivity index (χ3v) is 9.76. The maximum atomic E-state index is 13.2. The SMILES string of the molecule is Cn1ccnc1S(=O)(=O)NCCc1c(CCOc2ccc(C(=O)O)cc2)c2cc(Cl)ccc2n1C(c1ccccc1)c1ccccc1. The minimum absolute atomic E-state index is 0.0567. The Kier molecular flexibility index (Phi) is 9.44. The van der Waals surface area contributed by atoms with E-state index < -0.39 is 16.0 Å². The van der Waals surface area contributed by atoms with E-state index in [1.54, 1.807) is 25.4 Å². The van der Waals surface area contributed by atoms with Gasteiger partial charge in [-0.1, -0.05) is 72.3 Å². The Morgan fingerprint density at radius 3 is 2.19 bits per heavy atom. The first-order chi connectivity index (χ1) is 22.7. The van der Waals surface area contributed by atoms with Crippen LogP contribution in [0.3, 0.4) is 0 Å². The van der Waals surface area contributed by atoms with Crippen molar-refractivity contribution in [1.82, 2.24) is 18.8 Å². The van der Waals surface area contributed by atoms with E-state index in [9.17, 15) is 18.3 Å². The lowest BCUT2D eigenvalue weighted by atomic mass is 9.97. The van der Waals surface area contributed by atoms with Gasteiger partial charge < -0.3 is 19.0 Å². The van der Waals surface area contributed by atoms with Crippen molar-refractivity contribution >= 4 is 38.5 Å². The number of sulfonamides is 1. The second-order valence-corrected chi connectivity index (χ2v) is 13.2. The number of imidazole rings is 1. The molecule has 0 amide bonds. The zero-order valence-corrected chi connectivity index (χ0v) is 27.2. The van der Waals surface area contributed by atoms with Crippen molar-refractivity contribution in [2.75, 3.05) is 13.2 Å². The molecule has 0 spiro atoms. The molecule has 2 heterocycles. The Morgan fingerprint density at radius 1 is 0.936 bits per heavy atom. The topological polar surface area (TPSA) is 115 Å². The average Bonchev–Trinajstić information content (AvgIpc) is 3.64. The Bertz CT molecular complexity index is 2070. The highest BCUT2D eigenvalue weighted by Gasteiger charge is 2.26. The molecule has 47 heavy (non-hydrogen) atoms. The summed E-state index contributed by atoms with van der Waals surface area (Å²) in [4.78, 5) is 15.3. The summed E-state index contributed by atoms with van der Waals surface area (Å²) in [6.45, 7) is 0.422. The van der Waals surface area contributed by atoms with E-state index in [-0.39, 0.29) is 23.3 Å². The number of hydrogen-bond acceptors (Lipinski definition) is 5. The van der Waals surface area contributed by atoms with Gasteiger partial charge in [0.1, 0.15) is 5.75 Å². The largest absolute Gasteiger partial charge is 0.493 e. The molecule has 11 heteroatoms. The number of aryl methyl sites for hydroxylation is 1. The summed E-state index contributed by atoms with van der Waals surface area (Å²) in [5, 5.41) is 10.7. The molecule has 0 saturated carbocycles. The molecule has 2 N–H and O–H groups in total. The molecule has 4 aromatic carbocycles. The highest BCUT2D eigenvalue weighted by molar-refractivity contribution is 7.89. The molecule has 0 fully saturated rings. The van der Waals surface area contributed by atoms with Gasteiger partial charge in [-0.2, -0.15) is 0 Å². The number of nitrogens with one attached hydrogen (secondary N) is 1. The normalized spacial score (nSPS) is 11.7. The highest BCUT2D eigenvalue weighted by Crippen LogP contribution is 2.37. The van der Waals surface area contributed by atoms with E-state index in [0.29, 0.717) is 30.2 Å². The lowest BCUT2D eigenvalue weighted by Gasteiger charge is -2.25. The predicted molar refractivity (Wildman–Crippen MR) is 182 cm³/mol. The average molecular weight is 669 g/mol. The van der Waals surface area contributed by atoms with E-state index in [4.69, 9.17) is 16.3 Å². The summed E-state index contributed by atoms with van der Waals surface area (Å²) in [6, 6.07) is 32.3. The Hall–Kier alpha value is -4.90. The van der Waals surface area contributed by atoms with Gasteiger partial charge in [0.2, 0.25) is 5.16 Å². The van der Waals surface area contributed by atoms with E-state index in [1.807, 2.05) is 54.6 Å². The van der Waals surface area contributed by atoms with Gasteiger partial charge in [-0.3, -0.25) is 0 Å². The van der Waals surface area contributed by atoms with Gasteiger partial charge in [0, 0.05) is 60.4 Å². The third kappa shape index (κ3) is 6.95. The maximum Gasteiger partial charge on any atom is 0.335 e. The zero-order chi connectivity index (χ0) is 33.0. The summed E-state index contributed by atoms with van der Waals surface area (Å²) in [5.41, 5.74) is 5.20. The summed E-state index contributed by atoms with van der Waals surface area (Å²) in [6.07, 6.45) is 3.90. The molecule has 0 aliphatic carbocycles. The quantitative estimate of drug-likeness (QED) is 0.145. The first-order valence-electron chi connectivity index (χ1n) is 15.1. The molecule has 240 valence electrons. The summed E-state index contributed by atoms with van der Waals surface area (Å²) in [7, 11) is -2.22. The molecule has 0 aliphatic rings. The fourth-order valence-electron chi connectivity index (χ4n) is 5.96. The smallest absolute Gasteiger partial charge is 0.335 e. The van der Waals surface area contributed by atoms with E-state index in [0.717, 1.165) is 33.3 Å². The van der Waals surface area contributed by atoms with Gasteiger partial charge in [-0.05, 0) is 59.2 Å². The maximum absolute atomic E-state index is 13.2. The van der Waals surface area contributed by atoms with Crippen LogP contribution in [0.4, 0.5) is 0 Å². The second kappa shape index (κ2) is 13.8. The summed E-state index contributed by atoms with van der Waals surface area (Å²) in [5.74, 6) is -0.455. The molecule has 0 bridgehead atoms. The van der Waals surface area contributed by atoms with Gasteiger partial charge in [0.05, 0.1) is 18.2 Å². The van der Waals surface area contributed by atoms with Gasteiger partial charge in [-0.25, -0.2) is 22.9 Å². The van der Waals surface area contributed by atoms with Crippen molar-refractivity contribution in [1.29, 1.82) is 0 Å². The molecule has 0 unspecified atom stereocenters. The molecular weight excluding hydrogens is 636 g/mol. The number of hydrogen-bond donors (Lipinski definition) is 2. The molecule has 0 atom stereocenters. The number of aromatic nitrogens is 3. The summed E-state index contributed by atoms with van der Waals surface area (Å²) < 4.78 is 38.9. The van der Waals surface area contributed by atoms with Gasteiger partial charge in [0.15, 0.2) is 0 Å². The Morgan fingerprint density at radius 2 is 1.60 bits per heavy atom. The molecule has 9 nitrogen and oxygen atoms in total. The molecule has 0 radical (unpaired) electrons. The van der Waals surface area contributed by atoms with Crippen LogP contribution in [0.2, 0.25) is 5.02 Å². The van der Waals surface area contributed by atoms with Crippen LogP contribution in [0.25, 0.3) is 10.9 Å². The van der Waals surface area contributed by atoms with Crippen molar-refractivity contribution in [2.45, 2.75) is 24.0 Å². The highest BCUT2D eigenvalue weighted by atomic mass is 35.5. The fraction of sp³-hybridized carbons (Fsp3) is 0.167. The van der Waals surface area contributed by atoms with Gasteiger partial charge in [0.25, 0.3) is 10.0 Å². The minimum atomic E-state index is -3.86. The monoisotopic (exact) mass is 668 g/mol. The number of carbonyl (C=O) groups is 1. The fourth-order valence-corrected chi connectivity index (χ4v) is 7.27. The lowest BCUT2D eigenvalue weighted by Crippen LogP contribution is -2.29. The van der Waals surface area contributed by atoms with Crippen LogP contribution >= 0.6 is 11.6 Å². The Balaban J connectivity index is 1.44. The number of fused-ring (bicyclic) bond motifs is 1. The first-order valence-corrected chi connectivity index (χ1v) is 16.9. The van der Waals surface area contributed by atoms with Crippen LogP contribution in [0.1, 0.15) is 38.8 Å². The standard InChI is InChI=1S/C36H33ClN4O5S/c1-40-22-21-38-36(40)47(44,45)39-20-18-33-30(19-23-46-29-15-12-27(13-16-29)35(42)43)31-24-28(37)14-17-32(31)41(33)34(25-8-4-2-5-9-25)26-10-6-3-7-11-26/h2-17,21-22,24,34,39H,18-20,23H2,1H3,(H,42,43). The number of aromatic carboxylic acids is 1. The van der Waals surface area contributed by atoms with Crippen molar-refractivity contribution in [3.8, 4) is 5.75 Å². The van der Waals surface area contributed by atoms with Crippen molar-refractivity contribution in [2.24, 2.45) is 7.05 Å². The van der Waals surface area contributed by atoms with Crippen molar-refractivity contribution in [3.63, 3.8) is 0 Å². The van der Waals surface area contributed by atoms with Crippen LogP contribution in [0, 0.1) is 0 Å². The third-order valence-electron chi connectivity index (χ3n) is 8.06. The number of rotatable bonds is 13. The van der Waals surface area contributed by atoms with Crippen LogP contribution in [0.15, 0.2) is 121 Å². The number of benzene rings is 4. The van der Waals surface area contributed by atoms with Gasteiger partial charge in [-0.15, -0.1) is 0 Å². The predicted octanol–water partition coefficient (Wildman–Crippen LogP) is 6.51. The number of carboxylic acid groups (broad SMARTS) is 1. The van der Waals surface area contributed by atoms with E-state index in [2.05, 4.69) is 38.5 Å². The summed E-state index contributed by atoms with van der Waals surface area (Å²) >= 11 is 6.58. The molecule has 0 aliphatic heterocycles. The number of carboxylic acids is 1. The lowest BCUT2D eigenvalue weighted by molar-refractivity contribution is 0.0697. The van der Waals surface area contributed by atoms with Crippen molar-refractivity contribution in [3.05, 3.63) is 148 Å². The molecular formula is C36H33ClN4O5S. The zero-order valence-electron chi connectivity index (χ0n) is 25.6. The van der Waals surface area contributed by atoms with E-state index >= 15 is 0 Å². The van der Waals surface area contributed by atoms with E-state index in [1.165, 1.54) is 22.9 Å². The minimum Gasteiger partial charge on any atom is -0.493 e. The second-order valence-electron chi connectivity index (χ2n) is 11.1. The van der Waals surface area contributed by atoms with Crippen LogP contribution < -0.4 is 9.46 Å². The molecule has 2 aromatic heterocycles. The number of nitrogens with zero attached hydrogens (tertiary/aromatic N) is 3. The molecule has 6 rings (SSSR count). The van der Waals surface area contributed by atoms with Crippen molar-refractivity contribution < 1.29 is 23.1 Å². The first kappa shape index (κ1) is 32.1. The van der Waals surface area contributed by atoms with Crippen LogP contribution in [-0.2, 0) is 29.9 Å². The molecule has 6 aromatic rings. The van der Waals surface area contributed by atoms with Crippen LogP contribution in [0.5, 0.6) is 5.75 Å². The van der Waals surface area contributed by atoms with Crippen LogP contribution in [-0.4, -0.2) is 46.8 Å². The Labute approximate surface area is 278 Å². The van der Waals surface area contributed by atoms with Gasteiger partial charge >= 0.3 is 5.97 Å². The molecule has 0 saturated heterocycles.